The largest absolute Gasteiger partial charge is 0.392 e. The number of aliphatic hydroxyl groups excluding tert-OH is 1. The van der Waals surface area contributed by atoms with Crippen LogP contribution < -0.4 is 5.32 Å². The number of benzene rings is 1. The van der Waals surface area contributed by atoms with Gasteiger partial charge in [0.05, 0.1) is 6.10 Å². The van der Waals surface area contributed by atoms with E-state index in [1.165, 1.54) is 18.4 Å². The molecule has 1 aromatic carbocycles. The standard InChI is InChI=1S/C16H25NO/c1-13(14-7-3-2-4-8-14)11-12-17-15-9-5-6-10-16(15)18/h2-4,7-8,13,15-18H,5-6,9-12H2,1H3/t13?,15-,16-/m0/s1. The van der Waals surface area contributed by atoms with Gasteiger partial charge in [0.25, 0.3) is 0 Å². The molecule has 2 rings (SSSR count). The van der Waals surface area contributed by atoms with Gasteiger partial charge in [0.15, 0.2) is 0 Å². The molecule has 1 fully saturated rings. The summed E-state index contributed by atoms with van der Waals surface area (Å²) < 4.78 is 0. The second kappa shape index (κ2) is 6.91. The zero-order valence-corrected chi connectivity index (χ0v) is 11.3. The van der Waals surface area contributed by atoms with Crippen LogP contribution >= 0.6 is 0 Å². The smallest absolute Gasteiger partial charge is 0.0693 e. The fourth-order valence-electron chi connectivity index (χ4n) is 2.78. The van der Waals surface area contributed by atoms with E-state index in [-0.39, 0.29) is 6.10 Å². The summed E-state index contributed by atoms with van der Waals surface area (Å²) in [6, 6.07) is 11.0. The Hall–Kier alpha value is -0.860. The lowest BCUT2D eigenvalue weighted by atomic mass is 9.92. The summed E-state index contributed by atoms with van der Waals surface area (Å²) in [5.41, 5.74) is 1.41. The van der Waals surface area contributed by atoms with Gasteiger partial charge in [0.1, 0.15) is 0 Å². The molecule has 2 heteroatoms. The second-order valence-corrected chi connectivity index (χ2v) is 5.51. The van der Waals surface area contributed by atoms with Crippen LogP contribution in [0.3, 0.4) is 0 Å². The Balaban J connectivity index is 1.71. The van der Waals surface area contributed by atoms with E-state index >= 15 is 0 Å². The third-order valence-corrected chi connectivity index (χ3v) is 4.08. The fraction of sp³-hybridized carbons (Fsp3) is 0.625. The summed E-state index contributed by atoms with van der Waals surface area (Å²) in [5, 5.41) is 13.4. The number of aliphatic hydroxyl groups is 1. The highest BCUT2D eigenvalue weighted by Crippen LogP contribution is 2.20. The summed E-state index contributed by atoms with van der Waals surface area (Å²) in [6.07, 6.45) is 5.52. The van der Waals surface area contributed by atoms with E-state index in [0.717, 1.165) is 25.8 Å². The molecule has 3 atom stereocenters. The zero-order chi connectivity index (χ0) is 12.8. The van der Waals surface area contributed by atoms with Crippen LogP contribution in [0.2, 0.25) is 0 Å². The van der Waals surface area contributed by atoms with Gasteiger partial charge in [-0.05, 0) is 37.3 Å². The van der Waals surface area contributed by atoms with Crippen molar-refractivity contribution in [2.45, 2.75) is 57.1 Å². The van der Waals surface area contributed by atoms with E-state index in [1.807, 2.05) is 0 Å². The van der Waals surface area contributed by atoms with E-state index in [0.29, 0.717) is 12.0 Å². The molecule has 0 aromatic heterocycles. The van der Waals surface area contributed by atoms with Crippen LogP contribution in [-0.2, 0) is 0 Å². The van der Waals surface area contributed by atoms with Crippen molar-refractivity contribution in [1.29, 1.82) is 0 Å². The monoisotopic (exact) mass is 247 g/mol. The predicted molar refractivity (Wildman–Crippen MR) is 75.7 cm³/mol. The number of rotatable bonds is 5. The Morgan fingerprint density at radius 2 is 1.94 bits per heavy atom. The number of nitrogens with one attached hydrogen (secondary N) is 1. The fourth-order valence-corrected chi connectivity index (χ4v) is 2.78. The molecule has 1 saturated carbocycles. The molecule has 0 amide bonds. The molecule has 0 saturated heterocycles. The van der Waals surface area contributed by atoms with Crippen molar-refractivity contribution in [2.75, 3.05) is 6.54 Å². The average molecular weight is 247 g/mol. The molecule has 1 aliphatic carbocycles. The van der Waals surface area contributed by atoms with Gasteiger partial charge in [-0.25, -0.2) is 0 Å². The van der Waals surface area contributed by atoms with E-state index in [9.17, 15) is 5.11 Å². The lowest BCUT2D eigenvalue weighted by Gasteiger charge is -2.29. The molecule has 0 aliphatic heterocycles. The van der Waals surface area contributed by atoms with Crippen LogP contribution in [0.4, 0.5) is 0 Å². The second-order valence-electron chi connectivity index (χ2n) is 5.51. The van der Waals surface area contributed by atoms with Crippen LogP contribution in [0, 0.1) is 0 Å². The number of hydrogen-bond acceptors (Lipinski definition) is 2. The first-order chi connectivity index (χ1) is 8.77. The lowest BCUT2D eigenvalue weighted by Crippen LogP contribution is -2.42. The van der Waals surface area contributed by atoms with Gasteiger partial charge in [-0.2, -0.15) is 0 Å². The van der Waals surface area contributed by atoms with Crippen molar-refractivity contribution >= 4 is 0 Å². The maximum Gasteiger partial charge on any atom is 0.0693 e. The van der Waals surface area contributed by atoms with Crippen molar-refractivity contribution in [2.24, 2.45) is 0 Å². The minimum Gasteiger partial charge on any atom is -0.392 e. The average Bonchev–Trinajstić information content (AvgIpc) is 2.42. The van der Waals surface area contributed by atoms with Gasteiger partial charge in [-0.3, -0.25) is 0 Å². The Morgan fingerprint density at radius 3 is 2.67 bits per heavy atom. The first kappa shape index (κ1) is 13.6. The molecular formula is C16H25NO. The first-order valence-electron chi connectivity index (χ1n) is 7.24. The van der Waals surface area contributed by atoms with E-state index in [2.05, 4.69) is 42.6 Å². The minimum absolute atomic E-state index is 0.134. The molecule has 18 heavy (non-hydrogen) atoms. The van der Waals surface area contributed by atoms with Crippen LogP contribution in [0.15, 0.2) is 30.3 Å². The summed E-state index contributed by atoms with van der Waals surface area (Å²) in [5.74, 6) is 0.583. The van der Waals surface area contributed by atoms with Crippen LogP contribution in [0.1, 0.15) is 50.5 Å². The SMILES string of the molecule is CC(CCN[C@H]1CCCC[C@@H]1O)c1ccccc1. The quantitative estimate of drug-likeness (QED) is 0.838. The van der Waals surface area contributed by atoms with Gasteiger partial charge >= 0.3 is 0 Å². The maximum absolute atomic E-state index is 9.89. The van der Waals surface area contributed by atoms with Crippen LogP contribution in [0.5, 0.6) is 0 Å². The van der Waals surface area contributed by atoms with Crippen LogP contribution in [-0.4, -0.2) is 23.8 Å². The Bertz CT molecular complexity index is 338. The maximum atomic E-state index is 9.89. The molecular weight excluding hydrogens is 222 g/mol. The minimum atomic E-state index is -0.134. The highest BCUT2D eigenvalue weighted by atomic mass is 16.3. The van der Waals surface area contributed by atoms with Gasteiger partial charge in [-0.1, -0.05) is 50.1 Å². The van der Waals surface area contributed by atoms with E-state index < -0.39 is 0 Å². The van der Waals surface area contributed by atoms with E-state index in [1.54, 1.807) is 0 Å². The number of hydrogen-bond donors (Lipinski definition) is 2. The van der Waals surface area contributed by atoms with Crippen molar-refractivity contribution in [3.05, 3.63) is 35.9 Å². The summed E-state index contributed by atoms with van der Waals surface area (Å²) in [6.45, 7) is 3.27. The molecule has 0 spiro atoms. The molecule has 0 bridgehead atoms. The highest BCUT2D eigenvalue weighted by Gasteiger charge is 2.22. The van der Waals surface area contributed by atoms with Gasteiger partial charge in [0, 0.05) is 6.04 Å². The topological polar surface area (TPSA) is 32.3 Å². The Labute approximate surface area is 110 Å². The first-order valence-corrected chi connectivity index (χ1v) is 7.24. The molecule has 1 unspecified atom stereocenters. The summed E-state index contributed by atoms with van der Waals surface area (Å²) >= 11 is 0. The van der Waals surface area contributed by atoms with Crippen LogP contribution in [0.25, 0.3) is 0 Å². The lowest BCUT2D eigenvalue weighted by molar-refractivity contribution is 0.0908. The predicted octanol–water partition coefficient (Wildman–Crippen LogP) is 3.07. The Kier molecular flexibility index (Phi) is 5.21. The van der Waals surface area contributed by atoms with Crippen molar-refractivity contribution in [3.8, 4) is 0 Å². The molecule has 100 valence electrons. The van der Waals surface area contributed by atoms with E-state index in [4.69, 9.17) is 0 Å². The van der Waals surface area contributed by atoms with Gasteiger partial charge in [-0.15, -0.1) is 0 Å². The molecule has 1 aromatic rings. The third-order valence-electron chi connectivity index (χ3n) is 4.08. The Morgan fingerprint density at radius 1 is 1.22 bits per heavy atom. The molecule has 0 radical (unpaired) electrons. The summed E-state index contributed by atoms with van der Waals surface area (Å²) in [7, 11) is 0. The van der Waals surface area contributed by atoms with Crippen molar-refractivity contribution < 1.29 is 5.11 Å². The van der Waals surface area contributed by atoms with Crippen molar-refractivity contribution in [1.82, 2.24) is 5.32 Å². The normalized spacial score (nSPS) is 25.9. The third kappa shape index (κ3) is 3.82. The molecule has 1 aliphatic rings. The molecule has 2 nitrogen and oxygen atoms in total. The zero-order valence-electron chi connectivity index (χ0n) is 11.3. The van der Waals surface area contributed by atoms with Gasteiger partial charge in [0.2, 0.25) is 0 Å². The molecule has 2 N–H and O–H groups in total. The highest BCUT2D eigenvalue weighted by molar-refractivity contribution is 5.18. The van der Waals surface area contributed by atoms with Crippen molar-refractivity contribution in [3.63, 3.8) is 0 Å². The van der Waals surface area contributed by atoms with Gasteiger partial charge < -0.3 is 10.4 Å². The molecule has 0 heterocycles. The summed E-state index contributed by atoms with van der Waals surface area (Å²) in [4.78, 5) is 0.